The summed E-state index contributed by atoms with van der Waals surface area (Å²) in [6.07, 6.45) is 3.34. The standard InChI is InChI=1S/C19H29BrN4O/c1-5-14(2)23-18(21-12-17(25)24(3)4)22-13-19(9-10-19)15-7-6-8-16(20)11-15/h6-8,11,14H,5,9-10,12-13H2,1-4H3,(H2,21,22,23). The third-order valence-corrected chi connectivity index (χ3v) is 5.24. The number of aliphatic imine (C=N–C) groups is 1. The number of nitrogens with one attached hydrogen (secondary N) is 2. The lowest BCUT2D eigenvalue weighted by molar-refractivity contribution is -0.127. The van der Waals surface area contributed by atoms with Crippen LogP contribution >= 0.6 is 15.9 Å². The number of carbonyl (C=O) groups is 1. The van der Waals surface area contributed by atoms with Gasteiger partial charge in [0.05, 0.1) is 0 Å². The van der Waals surface area contributed by atoms with Gasteiger partial charge in [0.15, 0.2) is 5.96 Å². The molecule has 1 aliphatic carbocycles. The molecule has 0 spiro atoms. The highest BCUT2D eigenvalue weighted by Gasteiger charge is 2.44. The van der Waals surface area contributed by atoms with E-state index in [0.717, 1.165) is 17.4 Å². The van der Waals surface area contributed by atoms with Crippen LogP contribution in [0.5, 0.6) is 0 Å². The molecule has 1 atom stereocenters. The average Bonchev–Trinajstić information content (AvgIpc) is 3.37. The Bertz CT molecular complexity index is 626. The van der Waals surface area contributed by atoms with Crippen molar-refractivity contribution < 1.29 is 4.79 Å². The minimum Gasteiger partial charge on any atom is -0.355 e. The molecule has 5 nitrogen and oxygen atoms in total. The molecule has 1 unspecified atom stereocenters. The van der Waals surface area contributed by atoms with Gasteiger partial charge in [0, 0.05) is 36.6 Å². The van der Waals surface area contributed by atoms with E-state index in [1.54, 1.807) is 19.0 Å². The van der Waals surface area contributed by atoms with Crippen molar-refractivity contribution in [1.82, 2.24) is 15.5 Å². The van der Waals surface area contributed by atoms with Crippen LogP contribution in [0.2, 0.25) is 0 Å². The Morgan fingerprint density at radius 1 is 1.40 bits per heavy atom. The number of hydrogen-bond donors (Lipinski definition) is 2. The van der Waals surface area contributed by atoms with Gasteiger partial charge < -0.3 is 15.5 Å². The minimum atomic E-state index is -0.00150. The molecular weight excluding hydrogens is 380 g/mol. The second-order valence-electron chi connectivity index (χ2n) is 7.05. The van der Waals surface area contributed by atoms with Crippen molar-refractivity contribution in [2.45, 2.75) is 44.6 Å². The van der Waals surface area contributed by atoms with Crippen molar-refractivity contribution in [3.05, 3.63) is 34.3 Å². The molecule has 1 saturated carbocycles. The van der Waals surface area contributed by atoms with Crippen LogP contribution in [0, 0.1) is 0 Å². The first-order valence-electron chi connectivity index (χ1n) is 8.87. The highest BCUT2D eigenvalue weighted by Crippen LogP contribution is 2.48. The first-order chi connectivity index (χ1) is 11.9. The van der Waals surface area contributed by atoms with Gasteiger partial charge in [-0.1, -0.05) is 35.0 Å². The molecule has 0 radical (unpaired) electrons. The second kappa shape index (κ2) is 8.70. The quantitative estimate of drug-likeness (QED) is 0.538. The fraction of sp³-hybridized carbons (Fsp3) is 0.579. The monoisotopic (exact) mass is 408 g/mol. The maximum atomic E-state index is 11.8. The number of amides is 1. The molecule has 1 fully saturated rings. The number of carbonyl (C=O) groups excluding carboxylic acids is 1. The molecule has 25 heavy (non-hydrogen) atoms. The van der Waals surface area contributed by atoms with Crippen molar-refractivity contribution in [3.8, 4) is 0 Å². The largest absolute Gasteiger partial charge is 0.355 e. The number of likely N-dealkylation sites (N-methyl/N-ethyl adjacent to an activating group) is 1. The van der Waals surface area contributed by atoms with Gasteiger partial charge in [0.1, 0.15) is 6.54 Å². The number of rotatable bonds is 7. The van der Waals surface area contributed by atoms with E-state index in [9.17, 15) is 4.79 Å². The molecule has 1 aliphatic rings. The summed E-state index contributed by atoms with van der Waals surface area (Å²) in [6.45, 7) is 5.22. The number of halogens is 1. The topological polar surface area (TPSA) is 56.7 Å². The van der Waals surface area contributed by atoms with Gasteiger partial charge in [-0.15, -0.1) is 0 Å². The fourth-order valence-electron chi connectivity index (χ4n) is 2.57. The summed E-state index contributed by atoms with van der Waals surface area (Å²) in [7, 11) is 3.50. The zero-order valence-corrected chi connectivity index (χ0v) is 17.2. The first-order valence-corrected chi connectivity index (χ1v) is 9.66. The summed E-state index contributed by atoms with van der Waals surface area (Å²) in [5, 5.41) is 6.84. The van der Waals surface area contributed by atoms with Crippen LogP contribution < -0.4 is 10.6 Å². The molecule has 0 bridgehead atoms. The SMILES string of the molecule is CCC(C)NC(=NCC(=O)N(C)C)NCC1(c2cccc(Br)c2)CC1. The normalized spacial score (nSPS) is 16.9. The van der Waals surface area contributed by atoms with E-state index in [1.807, 2.05) is 0 Å². The average molecular weight is 409 g/mol. The molecule has 0 aliphatic heterocycles. The molecule has 138 valence electrons. The van der Waals surface area contributed by atoms with Crippen molar-refractivity contribution >= 4 is 27.8 Å². The Morgan fingerprint density at radius 3 is 2.68 bits per heavy atom. The van der Waals surface area contributed by atoms with Crippen molar-refractivity contribution in [2.75, 3.05) is 27.2 Å². The highest BCUT2D eigenvalue weighted by molar-refractivity contribution is 9.10. The van der Waals surface area contributed by atoms with E-state index in [2.05, 4.69) is 69.7 Å². The maximum Gasteiger partial charge on any atom is 0.243 e. The van der Waals surface area contributed by atoms with Crippen LogP contribution in [0.3, 0.4) is 0 Å². The summed E-state index contributed by atoms with van der Waals surface area (Å²) in [6, 6.07) is 8.83. The zero-order valence-electron chi connectivity index (χ0n) is 15.6. The summed E-state index contributed by atoms with van der Waals surface area (Å²) in [5.41, 5.74) is 1.52. The highest BCUT2D eigenvalue weighted by atomic mass is 79.9. The van der Waals surface area contributed by atoms with E-state index in [1.165, 1.54) is 18.4 Å². The van der Waals surface area contributed by atoms with Crippen molar-refractivity contribution in [1.29, 1.82) is 0 Å². The second-order valence-corrected chi connectivity index (χ2v) is 7.97. The third kappa shape index (κ3) is 5.73. The van der Waals surface area contributed by atoms with E-state index in [-0.39, 0.29) is 17.9 Å². The smallest absolute Gasteiger partial charge is 0.243 e. The number of benzene rings is 1. The molecule has 1 aromatic carbocycles. The van der Waals surface area contributed by atoms with Gasteiger partial charge in [0.25, 0.3) is 0 Å². The van der Waals surface area contributed by atoms with Gasteiger partial charge in [-0.05, 0) is 43.9 Å². The van der Waals surface area contributed by atoms with Gasteiger partial charge in [0.2, 0.25) is 5.91 Å². The van der Waals surface area contributed by atoms with Crippen LogP contribution in [0.25, 0.3) is 0 Å². The Balaban J connectivity index is 2.03. The van der Waals surface area contributed by atoms with Gasteiger partial charge >= 0.3 is 0 Å². The maximum absolute atomic E-state index is 11.8. The van der Waals surface area contributed by atoms with Crippen LogP contribution in [0.4, 0.5) is 0 Å². The van der Waals surface area contributed by atoms with Crippen LogP contribution in [-0.2, 0) is 10.2 Å². The van der Waals surface area contributed by atoms with Crippen LogP contribution in [-0.4, -0.2) is 50.0 Å². The third-order valence-electron chi connectivity index (χ3n) is 4.75. The molecule has 2 N–H and O–H groups in total. The molecule has 2 rings (SSSR count). The summed E-state index contributed by atoms with van der Waals surface area (Å²) in [4.78, 5) is 17.9. The number of guanidine groups is 1. The lowest BCUT2D eigenvalue weighted by Gasteiger charge is -2.22. The van der Waals surface area contributed by atoms with Gasteiger partial charge in [-0.25, -0.2) is 4.99 Å². The van der Waals surface area contributed by atoms with Crippen LogP contribution in [0.1, 0.15) is 38.7 Å². The fourth-order valence-corrected chi connectivity index (χ4v) is 2.97. The Morgan fingerprint density at radius 2 is 2.12 bits per heavy atom. The Hall–Kier alpha value is -1.56. The summed E-state index contributed by atoms with van der Waals surface area (Å²) >= 11 is 3.56. The summed E-state index contributed by atoms with van der Waals surface area (Å²) in [5.74, 6) is 0.712. The lowest BCUT2D eigenvalue weighted by Crippen LogP contribution is -2.45. The first kappa shape index (κ1) is 19.8. The molecule has 0 heterocycles. The predicted molar refractivity (Wildman–Crippen MR) is 107 cm³/mol. The number of hydrogen-bond acceptors (Lipinski definition) is 2. The minimum absolute atomic E-state index is 0.00150. The Kier molecular flexibility index (Phi) is 6.87. The van der Waals surface area contributed by atoms with Crippen LogP contribution in [0.15, 0.2) is 33.7 Å². The zero-order chi connectivity index (χ0) is 18.4. The lowest BCUT2D eigenvalue weighted by atomic mass is 9.96. The molecule has 0 saturated heterocycles. The Labute approximate surface area is 159 Å². The molecule has 6 heteroatoms. The molecule has 1 amide bonds. The molecule has 1 aromatic rings. The van der Waals surface area contributed by atoms with E-state index < -0.39 is 0 Å². The number of nitrogens with zero attached hydrogens (tertiary/aromatic N) is 2. The van der Waals surface area contributed by atoms with E-state index >= 15 is 0 Å². The van der Waals surface area contributed by atoms with Gasteiger partial charge in [-0.3, -0.25) is 4.79 Å². The van der Waals surface area contributed by atoms with Crippen molar-refractivity contribution in [2.24, 2.45) is 4.99 Å². The van der Waals surface area contributed by atoms with E-state index in [4.69, 9.17) is 0 Å². The molecule has 0 aromatic heterocycles. The predicted octanol–water partition coefficient (Wildman–Crippen LogP) is 2.90. The van der Waals surface area contributed by atoms with Crippen molar-refractivity contribution in [3.63, 3.8) is 0 Å². The van der Waals surface area contributed by atoms with E-state index in [0.29, 0.717) is 12.0 Å². The summed E-state index contributed by atoms with van der Waals surface area (Å²) < 4.78 is 1.11. The van der Waals surface area contributed by atoms with Gasteiger partial charge in [-0.2, -0.15) is 0 Å². The molecular formula is C19H29BrN4O.